The standard InChI is InChI=1S/C34H28BrN5O4S/c1-22(32(42)38-30-21-31(41)40(39-30)27-12-6-3-7-13-27)45-28-14-8-11-26(20-28)36-34(44)29(19-23-15-17-25(35)18-16-23)37-33(43)24-9-4-2-5-10-24/h2-20,22H,21H2,1H3,(H,36,44)(H,37,43)(H,38,39,42)/b29-19-. The van der Waals surface area contributed by atoms with Crippen molar-refractivity contribution in [3.8, 4) is 0 Å². The highest BCUT2D eigenvalue weighted by Crippen LogP contribution is 2.27. The molecule has 3 N–H and O–H groups in total. The van der Waals surface area contributed by atoms with Gasteiger partial charge in [-0.2, -0.15) is 10.1 Å². The number of halogens is 1. The van der Waals surface area contributed by atoms with Crippen molar-refractivity contribution in [1.29, 1.82) is 0 Å². The van der Waals surface area contributed by atoms with Gasteiger partial charge in [0, 0.05) is 20.6 Å². The summed E-state index contributed by atoms with van der Waals surface area (Å²) in [5.74, 6) is -1.18. The lowest BCUT2D eigenvalue weighted by Crippen LogP contribution is -2.35. The number of amides is 4. The summed E-state index contributed by atoms with van der Waals surface area (Å²) in [4.78, 5) is 52.5. The number of hydrazone groups is 1. The fourth-order valence-corrected chi connectivity index (χ4v) is 5.48. The first-order valence-corrected chi connectivity index (χ1v) is 15.6. The van der Waals surface area contributed by atoms with Crippen LogP contribution in [0.15, 0.2) is 129 Å². The number of carbonyl (C=O) groups excluding carboxylic acids is 4. The van der Waals surface area contributed by atoms with Crippen LogP contribution in [0.4, 0.5) is 11.4 Å². The number of anilines is 2. The number of para-hydroxylation sites is 1. The highest BCUT2D eigenvalue weighted by molar-refractivity contribution is 9.10. The summed E-state index contributed by atoms with van der Waals surface area (Å²) >= 11 is 4.69. The zero-order valence-electron chi connectivity index (χ0n) is 24.1. The Balaban J connectivity index is 1.25. The molecule has 4 aromatic carbocycles. The lowest BCUT2D eigenvalue weighted by molar-refractivity contribution is -0.119. The van der Waals surface area contributed by atoms with Gasteiger partial charge in [-0.15, -0.1) is 11.8 Å². The Hall–Kier alpha value is -5.00. The third-order valence-electron chi connectivity index (χ3n) is 6.53. The van der Waals surface area contributed by atoms with Gasteiger partial charge in [0.2, 0.25) is 5.91 Å². The summed E-state index contributed by atoms with van der Waals surface area (Å²) in [5.41, 5.74) is 2.31. The molecule has 0 saturated heterocycles. The number of benzene rings is 4. The van der Waals surface area contributed by atoms with Crippen molar-refractivity contribution in [1.82, 2.24) is 10.6 Å². The molecule has 1 unspecified atom stereocenters. The zero-order valence-corrected chi connectivity index (χ0v) is 26.5. The van der Waals surface area contributed by atoms with Crippen LogP contribution in [0.1, 0.15) is 29.3 Å². The van der Waals surface area contributed by atoms with Crippen LogP contribution in [0.3, 0.4) is 0 Å². The van der Waals surface area contributed by atoms with E-state index in [9.17, 15) is 19.2 Å². The topological polar surface area (TPSA) is 120 Å². The second-order valence-electron chi connectivity index (χ2n) is 9.93. The molecule has 0 radical (unpaired) electrons. The van der Waals surface area contributed by atoms with Crippen molar-refractivity contribution in [3.05, 3.63) is 130 Å². The number of thioether (sulfide) groups is 1. The smallest absolute Gasteiger partial charge is 0.272 e. The second kappa shape index (κ2) is 14.7. The minimum absolute atomic E-state index is 0.00352. The Morgan fingerprint density at radius 3 is 2.29 bits per heavy atom. The Bertz CT molecular complexity index is 1780. The van der Waals surface area contributed by atoms with E-state index in [1.165, 1.54) is 16.8 Å². The van der Waals surface area contributed by atoms with Gasteiger partial charge in [0.25, 0.3) is 17.7 Å². The van der Waals surface area contributed by atoms with Crippen molar-refractivity contribution in [3.63, 3.8) is 0 Å². The number of carbonyl (C=O) groups is 4. The molecule has 226 valence electrons. The number of hydrogen-bond acceptors (Lipinski definition) is 6. The molecule has 1 heterocycles. The maximum Gasteiger partial charge on any atom is 0.272 e. The van der Waals surface area contributed by atoms with Crippen molar-refractivity contribution in [2.45, 2.75) is 23.5 Å². The van der Waals surface area contributed by atoms with Crippen LogP contribution in [-0.2, 0) is 14.4 Å². The van der Waals surface area contributed by atoms with E-state index < -0.39 is 17.1 Å². The molecule has 1 aliphatic heterocycles. The van der Waals surface area contributed by atoms with Crippen LogP contribution >= 0.6 is 27.7 Å². The molecule has 4 amide bonds. The highest BCUT2D eigenvalue weighted by atomic mass is 79.9. The Morgan fingerprint density at radius 2 is 1.58 bits per heavy atom. The average molecular weight is 683 g/mol. The first kappa shape index (κ1) is 31.4. The van der Waals surface area contributed by atoms with E-state index >= 15 is 0 Å². The second-order valence-corrected chi connectivity index (χ2v) is 12.3. The first-order valence-electron chi connectivity index (χ1n) is 13.9. The van der Waals surface area contributed by atoms with Crippen LogP contribution in [-0.4, -0.2) is 34.7 Å². The molecule has 5 rings (SSSR count). The lowest BCUT2D eigenvalue weighted by Gasteiger charge is -2.14. The zero-order chi connectivity index (χ0) is 31.8. The monoisotopic (exact) mass is 681 g/mol. The van der Waals surface area contributed by atoms with Gasteiger partial charge in [-0.3, -0.25) is 19.2 Å². The van der Waals surface area contributed by atoms with Crippen LogP contribution in [0, 0.1) is 0 Å². The highest BCUT2D eigenvalue weighted by Gasteiger charge is 2.27. The van der Waals surface area contributed by atoms with E-state index in [1.807, 2.05) is 48.5 Å². The molecular formula is C34H28BrN5O4S. The van der Waals surface area contributed by atoms with Gasteiger partial charge >= 0.3 is 0 Å². The molecule has 9 nitrogen and oxygen atoms in total. The number of rotatable bonds is 9. The summed E-state index contributed by atoms with van der Waals surface area (Å²) in [6.45, 7) is 1.75. The fraction of sp³-hybridized carbons (Fsp3) is 0.0882. The Morgan fingerprint density at radius 1 is 0.889 bits per heavy atom. The molecule has 0 aromatic heterocycles. The molecule has 45 heavy (non-hydrogen) atoms. The van der Waals surface area contributed by atoms with Crippen LogP contribution in [0.25, 0.3) is 6.08 Å². The molecule has 4 aromatic rings. The molecule has 11 heteroatoms. The van der Waals surface area contributed by atoms with E-state index in [4.69, 9.17) is 0 Å². The Kier molecular flexibility index (Phi) is 10.2. The molecule has 0 aliphatic carbocycles. The van der Waals surface area contributed by atoms with Gasteiger partial charge in [-0.25, -0.2) is 0 Å². The predicted molar refractivity (Wildman–Crippen MR) is 181 cm³/mol. The van der Waals surface area contributed by atoms with E-state index in [1.54, 1.807) is 73.7 Å². The number of nitrogens with zero attached hydrogens (tertiary/aromatic N) is 2. The summed E-state index contributed by atoms with van der Waals surface area (Å²) in [5, 5.41) is 13.4. The van der Waals surface area contributed by atoms with E-state index in [0.717, 1.165) is 14.9 Å². The number of hydrogen-bond donors (Lipinski definition) is 3. The molecule has 0 fully saturated rings. The largest absolute Gasteiger partial charge is 0.321 e. The molecule has 0 saturated carbocycles. The summed E-state index contributed by atoms with van der Waals surface area (Å²) in [6, 6.07) is 32.0. The van der Waals surface area contributed by atoms with Gasteiger partial charge < -0.3 is 16.0 Å². The fourth-order valence-electron chi connectivity index (χ4n) is 4.29. The van der Waals surface area contributed by atoms with Crippen molar-refractivity contribution in [2.75, 3.05) is 10.3 Å². The minimum atomic E-state index is -0.530. The SMILES string of the molecule is CC(Sc1cccc(NC(=O)/C(=C/c2ccc(Br)cc2)NC(=O)c2ccccc2)c1)C(=O)NC1=NN(c2ccccc2)C(=O)C1. The van der Waals surface area contributed by atoms with Crippen LogP contribution in [0.2, 0.25) is 0 Å². The minimum Gasteiger partial charge on any atom is -0.321 e. The molecular weight excluding hydrogens is 654 g/mol. The third-order valence-corrected chi connectivity index (χ3v) is 8.15. The van der Waals surface area contributed by atoms with Gasteiger partial charge in [-0.1, -0.05) is 70.5 Å². The number of nitrogens with one attached hydrogen (secondary N) is 3. The molecule has 1 atom stereocenters. The number of amidine groups is 1. The van der Waals surface area contributed by atoms with Gasteiger partial charge in [-0.05, 0) is 73.2 Å². The van der Waals surface area contributed by atoms with Crippen molar-refractivity contribution >= 4 is 74.6 Å². The normalized spacial score (nSPS) is 13.6. The summed E-state index contributed by atoms with van der Waals surface area (Å²) in [7, 11) is 0. The van der Waals surface area contributed by atoms with Gasteiger partial charge in [0.05, 0.1) is 17.4 Å². The van der Waals surface area contributed by atoms with Crippen LogP contribution < -0.4 is 21.0 Å². The first-order chi connectivity index (χ1) is 21.7. The van der Waals surface area contributed by atoms with Gasteiger partial charge in [0.15, 0.2) is 0 Å². The lowest BCUT2D eigenvalue weighted by atomic mass is 10.1. The maximum atomic E-state index is 13.4. The van der Waals surface area contributed by atoms with Crippen LogP contribution in [0.5, 0.6) is 0 Å². The van der Waals surface area contributed by atoms with Crippen molar-refractivity contribution < 1.29 is 19.2 Å². The molecule has 0 bridgehead atoms. The van der Waals surface area contributed by atoms with E-state index in [-0.39, 0.29) is 29.8 Å². The van der Waals surface area contributed by atoms with Gasteiger partial charge in [0.1, 0.15) is 11.5 Å². The quantitative estimate of drug-likeness (QED) is 0.143. The summed E-state index contributed by atoms with van der Waals surface area (Å²) in [6.07, 6.45) is 1.60. The molecule has 0 spiro atoms. The maximum absolute atomic E-state index is 13.4. The average Bonchev–Trinajstić information content (AvgIpc) is 3.42. The van der Waals surface area contributed by atoms with E-state index in [0.29, 0.717) is 16.9 Å². The van der Waals surface area contributed by atoms with E-state index in [2.05, 4.69) is 37.0 Å². The summed E-state index contributed by atoms with van der Waals surface area (Å²) < 4.78 is 0.884. The molecule has 1 aliphatic rings. The Labute approximate surface area is 272 Å². The predicted octanol–water partition coefficient (Wildman–Crippen LogP) is 6.21. The van der Waals surface area contributed by atoms with Crippen molar-refractivity contribution in [2.24, 2.45) is 5.10 Å². The third kappa shape index (κ3) is 8.55.